The van der Waals surface area contributed by atoms with Gasteiger partial charge in [-0.3, -0.25) is 10.0 Å². The van der Waals surface area contributed by atoms with Crippen LogP contribution in [-0.2, 0) is 11.2 Å². The summed E-state index contributed by atoms with van der Waals surface area (Å²) in [6, 6.07) is 10.4. The number of carbonyl (C=O) groups excluding carboxylic acids is 2. The number of thiophene rings is 1. The lowest BCUT2D eigenvalue weighted by Gasteiger charge is -2.27. The van der Waals surface area contributed by atoms with E-state index in [1.807, 2.05) is 30.3 Å². The lowest BCUT2D eigenvalue weighted by atomic mass is 10.1. The zero-order chi connectivity index (χ0) is 20.9. The number of amides is 2. The number of hydroxylamine groups is 2. The summed E-state index contributed by atoms with van der Waals surface area (Å²) in [5, 5.41) is 13.9. The minimum absolute atomic E-state index is 0.0414. The van der Waals surface area contributed by atoms with E-state index in [4.69, 9.17) is 4.74 Å². The first-order valence-electron chi connectivity index (χ1n) is 8.55. The summed E-state index contributed by atoms with van der Waals surface area (Å²) < 4.78 is 6.73. The molecule has 0 saturated heterocycles. The number of alkyl carbamates (subject to hydrolysis) is 1. The van der Waals surface area contributed by atoms with Gasteiger partial charge in [0.1, 0.15) is 5.60 Å². The number of hydrogen-bond acceptors (Lipinski definition) is 5. The van der Waals surface area contributed by atoms with Gasteiger partial charge < -0.3 is 10.1 Å². The second-order valence-corrected chi connectivity index (χ2v) is 10.3. The largest absolute Gasteiger partial charge is 0.444 e. The summed E-state index contributed by atoms with van der Waals surface area (Å²) in [4.78, 5) is 25.1. The summed E-state index contributed by atoms with van der Waals surface area (Å²) in [7, 11) is 0. The molecule has 28 heavy (non-hydrogen) atoms. The minimum Gasteiger partial charge on any atom is -0.444 e. The highest BCUT2D eigenvalue weighted by molar-refractivity contribution is 9.13. The Labute approximate surface area is 185 Å². The van der Waals surface area contributed by atoms with E-state index in [-0.39, 0.29) is 6.54 Å². The third-order valence-electron chi connectivity index (χ3n) is 3.60. The Balaban J connectivity index is 2.14. The van der Waals surface area contributed by atoms with Crippen molar-refractivity contribution in [2.24, 2.45) is 0 Å². The number of carbonyl (C=O) groups is 2. The number of ether oxygens (including phenoxy) is 1. The Hall–Kier alpha value is -1.42. The molecule has 1 atom stereocenters. The third kappa shape index (κ3) is 6.88. The van der Waals surface area contributed by atoms with E-state index in [0.717, 1.165) is 13.8 Å². The van der Waals surface area contributed by atoms with E-state index in [2.05, 4.69) is 37.2 Å². The molecule has 2 rings (SSSR count). The molecule has 0 aliphatic carbocycles. The van der Waals surface area contributed by atoms with Crippen LogP contribution in [0.3, 0.4) is 0 Å². The molecule has 2 amide bonds. The normalized spacial score (nSPS) is 12.4. The van der Waals surface area contributed by atoms with Crippen LogP contribution in [0.1, 0.15) is 36.0 Å². The first-order chi connectivity index (χ1) is 13.1. The van der Waals surface area contributed by atoms with E-state index < -0.39 is 23.6 Å². The van der Waals surface area contributed by atoms with Gasteiger partial charge in [0, 0.05) is 11.0 Å². The van der Waals surface area contributed by atoms with Crippen molar-refractivity contribution in [2.45, 2.75) is 38.8 Å². The number of nitrogens with zero attached hydrogens (tertiary/aromatic N) is 1. The number of benzene rings is 1. The predicted molar refractivity (Wildman–Crippen MR) is 116 cm³/mol. The van der Waals surface area contributed by atoms with Crippen molar-refractivity contribution in [3.05, 3.63) is 55.1 Å². The molecule has 152 valence electrons. The Morgan fingerprint density at radius 2 is 1.89 bits per heavy atom. The number of rotatable bonds is 6. The monoisotopic (exact) mass is 532 g/mol. The second kappa shape index (κ2) is 9.87. The van der Waals surface area contributed by atoms with E-state index >= 15 is 0 Å². The molecule has 0 aliphatic heterocycles. The molecule has 1 unspecified atom stereocenters. The molecule has 1 heterocycles. The van der Waals surface area contributed by atoms with Gasteiger partial charge in [-0.05, 0) is 70.7 Å². The first-order valence-corrected chi connectivity index (χ1v) is 10.9. The molecule has 1 aromatic heterocycles. The van der Waals surface area contributed by atoms with Gasteiger partial charge in [-0.2, -0.15) is 0 Å². The fraction of sp³-hybridized carbons (Fsp3) is 0.368. The maximum Gasteiger partial charge on any atom is 0.407 e. The molecule has 2 N–H and O–H groups in total. The Morgan fingerprint density at radius 1 is 1.25 bits per heavy atom. The smallest absolute Gasteiger partial charge is 0.407 e. The van der Waals surface area contributed by atoms with Crippen LogP contribution in [0.15, 0.2) is 44.7 Å². The van der Waals surface area contributed by atoms with Crippen LogP contribution in [0.4, 0.5) is 4.79 Å². The average molecular weight is 534 g/mol. The molecule has 9 heteroatoms. The number of halogens is 2. The van der Waals surface area contributed by atoms with Gasteiger partial charge in [-0.1, -0.05) is 30.3 Å². The summed E-state index contributed by atoms with van der Waals surface area (Å²) in [5.41, 5.74) is 0.294. The van der Waals surface area contributed by atoms with Crippen LogP contribution in [0.25, 0.3) is 0 Å². The minimum atomic E-state index is -0.665. The maximum absolute atomic E-state index is 12.7. The van der Waals surface area contributed by atoms with Crippen LogP contribution in [0.5, 0.6) is 0 Å². The highest BCUT2D eigenvalue weighted by Gasteiger charge is 2.27. The van der Waals surface area contributed by atoms with Gasteiger partial charge in [0.05, 0.1) is 14.7 Å². The standard InChI is InChI=1S/C19H22Br2N2O4S/c1-19(2,3)27-18(25)22-11-13(9-12-7-5-4-6-8-12)23(26)17(24)15-10-14(20)16(21)28-15/h4-8,10,13,26H,9,11H2,1-3H3,(H,22,25). The molecule has 6 nitrogen and oxygen atoms in total. The summed E-state index contributed by atoms with van der Waals surface area (Å²) >= 11 is 7.90. The van der Waals surface area contributed by atoms with Crippen LogP contribution >= 0.6 is 43.2 Å². The first kappa shape index (κ1) is 22.9. The summed E-state index contributed by atoms with van der Waals surface area (Å²) in [6.07, 6.45) is -0.236. The quantitative estimate of drug-likeness (QED) is 0.393. The van der Waals surface area contributed by atoms with E-state index in [0.29, 0.717) is 16.4 Å². The molecule has 0 fully saturated rings. The molecule has 0 spiro atoms. The Bertz CT molecular complexity index is 802. The summed E-state index contributed by atoms with van der Waals surface area (Å²) in [5.74, 6) is -0.539. The average Bonchev–Trinajstić information content (AvgIpc) is 2.95. The summed E-state index contributed by atoms with van der Waals surface area (Å²) in [6.45, 7) is 5.34. The van der Waals surface area contributed by atoms with Gasteiger partial charge in [0.2, 0.25) is 0 Å². The van der Waals surface area contributed by atoms with E-state index in [1.54, 1.807) is 26.8 Å². The van der Waals surface area contributed by atoms with Crippen molar-refractivity contribution in [3.63, 3.8) is 0 Å². The lowest BCUT2D eigenvalue weighted by molar-refractivity contribution is -0.0874. The van der Waals surface area contributed by atoms with Gasteiger partial charge >= 0.3 is 6.09 Å². The molecular formula is C19H22Br2N2O4S. The van der Waals surface area contributed by atoms with Gasteiger partial charge in [0.25, 0.3) is 5.91 Å². The van der Waals surface area contributed by atoms with E-state index in [1.165, 1.54) is 11.3 Å². The molecule has 2 aromatic rings. The van der Waals surface area contributed by atoms with Crippen LogP contribution in [0, 0.1) is 0 Å². The van der Waals surface area contributed by atoms with Crippen molar-refractivity contribution in [2.75, 3.05) is 6.54 Å². The lowest BCUT2D eigenvalue weighted by Crippen LogP contribution is -2.47. The molecule has 0 radical (unpaired) electrons. The molecule has 0 saturated carbocycles. The van der Waals surface area contributed by atoms with Crippen molar-refractivity contribution < 1.29 is 19.5 Å². The third-order valence-corrected chi connectivity index (χ3v) is 6.85. The van der Waals surface area contributed by atoms with Gasteiger partial charge in [-0.25, -0.2) is 9.86 Å². The second-order valence-electron chi connectivity index (χ2n) is 7.11. The van der Waals surface area contributed by atoms with Crippen molar-refractivity contribution in [3.8, 4) is 0 Å². The Morgan fingerprint density at radius 3 is 2.43 bits per heavy atom. The molecule has 1 aromatic carbocycles. The molecule has 0 bridgehead atoms. The Kier molecular flexibility index (Phi) is 8.06. The molecular weight excluding hydrogens is 512 g/mol. The van der Waals surface area contributed by atoms with Gasteiger partial charge in [-0.15, -0.1) is 11.3 Å². The van der Waals surface area contributed by atoms with Crippen molar-refractivity contribution in [1.82, 2.24) is 10.4 Å². The van der Waals surface area contributed by atoms with Crippen LogP contribution in [-0.4, -0.2) is 40.5 Å². The van der Waals surface area contributed by atoms with Crippen molar-refractivity contribution >= 4 is 55.2 Å². The molecule has 0 aliphatic rings. The topological polar surface area (TPSA) is 78.9 Å². The fourth-order valence-corrected chi connectivity index (χ4v) is 4.35. The SMILES string of the molecule is CC(C)(C)OC(=O)NCC(Cc1ccccc1)N(O)C(=O)c1cc(Br)c(Br)s1. The zero-order valence-electron chi connectivity index (χ0n) is 15.7. The number of nitrogens with one attached hydrogen (secondary N) is 1. The highest BCUT2D eigenvalue weighted by atomic mass is 79.9. The van der Waals surface area contributed by atoms with Gasteiger partial charge in [0.15, 0.2) is 0 Å². The van der Waals surface area contributed by atoms with Crippen LogP contribution < -0.4 is 5.32 Å². The predicted octanol–water partition coefficient (Wildman–Crippen LogP) is 5.24. The highest BCUT2D eigenvalue weighted by Crippen LogP contribution is 2.33. The van der Waals surface area contributed by atoms with Crippen LogP contribution in [0.2, 0.25) is 0 Å². The maximum atomic E-state index is 12.7. The van der Waals surface area contributed by atoms with Crippen molar-refractivity contribution in [1.29, 1.82) is 0 Å². The fourth-order valence-electron chi connectivity index (χ4n) is 2.38. The van der Waals surface area contributed by atoms with E-state index in [9.17, 15) is 14.8 Å². The zero-order valence-corrected chi connectivity index (χ0v) is 19.7. The number of hydrogen-bond donors (Lipinski definition) is 2.